The number of carboxylic acids is 1. The van der Waals surface area contributed by atoms with E-state index in [9.17, 15) is 9.90 Å². The lowest BCUT2D eigenvalue weighted by Gasteiger charge is -2.45. The van der Waals surface area contributed by atoms with E-state index < -0.39 is 11.5 Å². The second-order valence-electron chi connectivity index (χ2n) is 6.46. The van der Waals surface area contributed by atoms with Crippen LogP contribution in [0.4, 0.5) is 0 Å². The third-order valence-corrected chi connectivity index (χ3v) is 4.99. The molecule has 1 aliphatic heterocycles. The predicted molar refractivity (Wildman–Crippen MR) is 82.5 cm³/mol. The Hall–Kier alpha value is -0.650. The predicted octanol–water partition coefficient (Wildman–Crippen LogP) is 1.86. The van der Waals surface area contributed by atoms with Crippen LogP contribution >= 0.6 is 0 Å². The standard InChI is InChI=1S/C16H30N2O3/c1-3-8-17-16(15(19)20)7-5-6-13(11-16)18-9-10-21-14(4-2)12-18/h13-14,17H,3-12H2,1-2H3,(H,19,20). The molecule has 21 heavy (non-hydrogen) atoms. The molecule has 0 amide bonds. The van der Waals surface area contributed by atoms with E-state index in [1.54, 1.807) is 0 Å². The molecule has 2 aliphatic rings. The van der Waals surface area contributed by atoms with Crippen LogP contribution in [-0.2, 0) is 9.53 Å². The van der Waals surface area contributed by atoms with Crippen molar-refractivity contribution >= 4 is 5.97 Å². The molecule has 0 aromatic carbocycles. The number of hydrogen-bond acceptors (Lipinski definition) is 4. The van der Waals surface area contributed by atoms with Crippen molar-refractivity contribution in [1.29, 1.82) is 0 Å². The highest BCUT2D eigenvalue weighted by Crippen LogP contribution is 2.32. The van der Waals surface area contributed by atoms with Crippen LogP contribution in [0.25, 0.3) is 0 Å². The molecule has 122 valence electrons. The molecular formula is C16H30N2O3. The van der Waals surface area contributed by atoms with Crippen molar-refractivity contribution in [1.82, 2.24) is 10.2 Å². The zero-order valence-electron chi connectivity index (χ0n) is 13.4. The minimum atomic E-state index is -0.723. The van der Waals surface area contributed by atoms with Crippen LogP contribution in [0.3, 0.4) is 0 Å². The number of aliphatic carboxylic acids is 1. The molecule has 2 N–H and O–H groups in total. The van der Waals surface area contributed by atoms with Crippen LogP contribution in [-0.4, -0.2) is 59.9 Å². The number of carboxylic acid groups (broad SMARTS) is 1. The van der Waals surface area contributed by atoms with Crippen molar-refractivity contribution in [2.75, 3.05) is 26.2 Å². The molecule has 1 saturated heterocycles. The third kappa shape index (κ3) is 3.96. The van der Waals surface area contributed by atoms with Gasteiger partial charge in [-0.1, -0.05) is 13.8 Å². The summed E-state index contributed by atoms with van der Waals surface area (Å²) in [6.07, 6.45) is 5.88. The Kier molecular flexibility index (Phi) is 6.02. The Labute approximate surface area is 128 Å². The van der Waals surface area contributed by atoms with E-state index in [4.69, 9.17) is 4.74 Å². The molecule has 3 atom stereocenters. The Morgan fingerprint density at radius 1 is 1.48 bits per heavy atom. The van der Waals surface area contributed by atoms with Gasteiger partial charge >= 0.3 is 5.97 Å². The molecule has 3 unspecified atom stereocenters. The van der Waals surface area contributed by atoms with Gasteiger partial charge in [-0.25, -0.2) is 0 Å². The van der Waals surface area contributed by atoms with Gasteiger partial charge in [-0.2, -0.15) is 0 Å². The summed E-state index contributed by atoms with van der Waals surface area (Å²) in [6.45, 7) is 7.67. The molecule has 1 heterocycles. The lowest BCUT2D eigenvalue weighted by molar-refractivity contribution is -0.148. The first-order valence-electron chi connectivity index (χ1n) is 8.45. The molecule has 1 aliphatic carbocycles. The molecule has 0 aromatic rings. The smallest absolute Gasteiger partial charge is 0.323 e. The van der Waals surface area contributed by atoms with Crippen molar-refractivity contribution in [3.63, 3.8) is 0 Å². The fourth-order valence-electron chi connectivity index (χ4n) is 3.67. The van der Waals surface area contributed by atoms with Crippen molar-refractivity contribution in [2.24, 2.45) is 0 Å². The second-order valence-corrected chi connectivity index (χ2v) is 6.46. The van der Waals surface area contributed by atoms with Crippen LogP contribution in [0.2, 0.25) is 0 Å². The number of nitrogens with one attached hydrogen (secondary N) is 1. The Morgan fingerprint density at radius 3 is 2.95 bits per heavy atom. The second kappa shape index (κ2) is 7.56. The van der Waals surface area contributed by atoms with Crippen LogP contribution in [0.5, 0.6) is 0 Å². The molecule has 0 aromatic heterocycles. The van der Waals surface area contributed by atoms with E-state index >= 15 is 0 Å². The van der Waals surface area contributed by atoms with E-state index in [0.29, 0.717) is 12.1 Å². The van der Waals surface area contributed by atoms with Gasteiger partial charge in [-0.3, -0.25) is 9.69 Å². The zero-order chi connectivity index (χ0) is 15.3. The number of nitrogens with zero attached hydrogens (tertiary/aromatic N) is 1. The quantitative estimate of drug-likeness (QED) is 0.784. The van der Waals surface area contributed by atoms with Crippen molar-refractivity contribution in [2.45, 2.75) is 70.1 Å². The van der Waals surface area contributed by atoms with Crippen molar-refractivity contribution < 1.29 is 14.6 Å². The molecule has 0 spiro atoms. The fourth-order valence-corrected chi connectivity index (χ4v) is 3.67. The highest BCUT2D eigenvalue weighted by atomic mass is 16.5. The Bertz CT molecular complexity index is 350. The van der Waals surface area contributed by atoms with Gasteiger partial charge in [-0.05, 0) is 45.1 Å². The maximum Gasteiger partial charge on any atom is 0.323 e. The summed E-state index contributed by atoms with van der Waals surface area (Å²) in [6, 6.07) is 0.372. The lowest BCUT2D eigenvalue weighted by Crippen LogP contribution is -2.60. The van der Waals surface area contributed by atoms with Crippen LogP contribution in [0.1, 0.15) is 52.4 Å². The first-order valence-corrected chi connectivity index (χ1v) is 8.45. The van der Waals surface area contributed by atoms with Gasteiger partial charge in [0.05, 0.1) is 12.7 Å². The molecule has 5 heteroatoms. The van der Waals surface area contributed by atoms with Crippen molar-refractivity contribution in [3.8, 4) is 0 Å². The average molecular weight is 298 g/mol. The van der Waals surface area contributed by atoms with Gasteiger partial charge in [0, 0.05) is 19.1 Å². The SMILES string of the molecule is CCCNC1(C(=O)O)CCCC(N2CCOC(CC)C2)C1. The first kappa shape index (κ1) is 16.7. The molecule has 0 radical (unpaired) electrons. The normalized spacial score (nSPS) is 34.8. The highest BCUT2D eigenvalue weighted by molar-refractivity contribution is 5.79. The maximum atomic E-state index is 11.8. The Morgan fingerprint density at radius 2 is 2.29 bits per heavy atom. The summed E-state index contributed by atoms with van der Waals surface area (Å²) in [7, 11) is 0. The minimum Gasteiger partial charge on any atom is -0.480 e. The van der Waals surface area contributed by atoms with Gasteiger partial charge in [0.2, 0.25) is 0 Å². The fraction of sp³-hybridized carbons (Fsp3) is 0.938. The van der Waals surface area contributed by atoms with Crippen LogP contribution in [0, 0.1) is 0 Å². The molecule has 2 fully saturated rings. The minimum absolute atomic E-state index is 0.309. The number of carbonyl (C=O) groups is 1. The summed E-state index contributed by atoms with van der Waals surface area (Å²) in [5.41, 5.74) is -0.723. The van der Waals surface area contributed by atoms with Gasteiger partial charge in [0.1, 0.15) is 5.54 Å². The molecule has 5 nitrogen and oxygen atoms in total. The highest BCUT2D eigenvalue weighted by Gasteiger charge is 2.44. The number of rotatable bonds is 6. The number of ether oxygens (including phenoxy) is 1. The summed E-state index contributed by atoms with van der Waals surface area (Å²) in [5, 5.41) is 13.0. The van der Waals surface area contributed by atoms with Crippen LogP contribution < -0.4 is 5.32 Å². The third-order valence-electron chi connectivity index (χ3n) is 4.99. The molecule has 0 bridgehead atoms. The average Bonchev–Trinajstić information content (AvgIpc) is 2.53. The van der Waals surface area contributed by atoms with E-state index in [2.05, 4.69) is 24.1 Å². The zero-order valence-corrected chi connectivity index (χ0v) is 13.4. The molecular weight excluding hydrogens is 268 g/mol. The van der Waals surface area contributed by atoms with Gasteiger partial charge in [0.25, 0.3) is 0 Å². The Balaban J connectivity index is 2.02. The largest absolute Gasteiger partial charge is 0.480 e. The molecule has 1 saturated carbocycles. The topological polar surface area (TPSA) is 61.8 Å². The summed E-state index contributed by atoms with van der Waals surface area (Å²) in [5.74, 6) is -0.680. The first-order chi connectivity index (χ1) is 10.1. The van der Waals surface area contributed by atoms with E-state index in [1.807, 2.05) is 0 Å². The van der Waals surface area contributed by atoms with Gasteiger partial charge < -0.3 is 15.2 Å². The van der Waals surface area contributed by atoms with Crippen LogP contribution in [0.15, 0.2) is 0 Å². The number of morpholine rings is 1. The van der Waals surface area contributed by atoms with E-state index in [-0.39, 0.29) is 0 Å². The monoisotopic (exact) mass is 298 g/mol. The molecule has 2 rings (SSSR count). The summed E-state index contributed by atoms with van der Waals surface area (Å²) in [4.78, 5) is 14.3. The maximum absolute atomic E-state index is 11.8. The van der Waals surface area contributed by atoms with Gasteiger partial charge in [-0.15, -0.1) is 0 Å². The number of hydrogen-bond donors (Lipinski definition) is 2. The van der Waals surface area contributed by atoms with Crippen molar-refractivity contribution in [3.05, 3.63) is 0 Å². The lowest BCUT2D eigenvalue weighted by atomic mass is 9.78. The summed E-state index contributed by atoms with van der Waals surface area (Å²) >= 11 is 0. The van der Waals surface area contributed by atoms with Gasteiger partial charge in [0.15, 0.2) is 0 Å². The van der Waals surface area contributed by atoms with E-state index in [0.717, 1.165) is 64.8 Å². The summed E-state index contributed by atoms with van der Waals surface area (Å²) < 4.78 is 5.74. The van der Waals surface area contributed by atoms with E-state index in [1.165, 1.54) is 0 Å².